The van der Waals surface area contributed by atoms with Crippen molar-refractivity contribution in [3.05, 3.63) is 12.8 Å². The van der Waals surface area contributed by atoms with Gasteiger partial charge in [0.2, 0.25) is 0 Å². The summed E-state index contributed by atoms with van der Waals surface area (Å²) >= 11 is 0. The van der Waals surface area contributed by atoms with Gasteiger partial charge in [-0.1, -0.05) is 6.58 Å². The largest absolute Gasteiger partial charge is 0.479 e. The lowest BCUT2D eigenvalue weighted by atomic mass is 10.5. The van der Waals surface area contributed by atoms with Crippen LogP contribution in [0.4, 0.5) is 0 Å². The number of hydrogen-bond acceptors (Lipinski definition) is 5. The molecule has 0 atom stereocenters. The highest BCUT2D eigenvalue weighted by atomic mass is 32.2. The summed E-state index contributed by atoms with van der Waals surface area (Å²) in [6, 6.07) is 0. The minimum atomic E-state index is -3.50. The molecule has 0 unspecified atom stereocenters. The van der Waals surface area contributed by atoms with E-state index in [4.69, 9.17) is 4.74 Å². The Bertz CT molecular complexity index is 306. The van der Waals surface area contributed by atoms with Crippen LogP contribution in [0.15, 0.2) is 17.8 Å². The van der Waals surface area contributed by atoms with Crippen molar-refractivity contribution in [1.82, 2.24) is 0 Å². The molecule has 0 saturated carbocycles. The van der Waals surface area contributed by atoms with Gasteiger partial charge in [0, 0.05) is 6.42 Å². The third-order valence-electron chi connectivity index (χ3n) is 1.43. The second-order valence-corrected chi connectivity index (χ2v) is 4.11. The summed E-state index contributed by atoms with van der Waals surface area (Å²) in [5.74, 6) is 0.355. The minimum absolute atomic E-state index is 0.127. The van der Waals surface area contributed by atoms with Crippen LogP contribution in [0.3, 0.4) is 0 Å². The predicted molar refractivity (Wildman–Crippen MR) is 47.9 cm³/mol. The van der Waals surface area contributed by atoms with E-state index in [1.54, 1.807) is 0 Å². The van der Waals surface area contributed by atoms with E-state index in [0.29, 0.717) is 19.0 Å². The van der Waals surface area contributed by atoms with Crippen molar-refractivity contribution in [2.75, 3.05) is 18.9 Å². The lowest BCUT2D eigenvalue weighted by Gasteiger charge is -2.02. The molecule has 0 amide bonds. The van der Waals surface area contributed by atoms with Crippen LogP contribution in [-0.4, -0.2) is 33.2 Å². The van der Waals surface area contributed by atoms with Gasteiger partial charge in [-0.05, 0) is 0 Å². The second-order valence-electron chi connectivity index (χ2n) is 2.40. The predicted octanol–water partition coefficient (Wildman–Crippen LogP) is 0.295. The molecule has 1 aliphatic heterocycles. The van der Waals surface area contributed by atoms with Gasteiger partial charge < -0.3 is 8.92 Å². The standard InChI is InChI=1S/C7H11NO4S/c1-2-12-13(9,10)6-3-7-8-4-5-11-7/h2H,1,3-6H2. The SMILES string of the molecule is C=COS(=O)(=O)CCC1=NCCO1. The molecule has 0 bridgehead atoms. The molecule has 5 nitrogen and oxygen atoms in total. The van der Waals surface area contributed by atoms with Crippen molar-refractivity contribution in [1.29, 1.82) is 0 Å². The summed E-state index contributed by atoms with van der Waals surface area (Å²) < 4.78 is 31.3. The van der Waals surface area contributed by atoms with E-state index in [-0.39, 0.29) is 12.2 Å². The highest BCUT2D eigenvalue weighted by Crippen LogP contribution is 2.03. The van der Waals surface area contributed by atoms with Gasteiger partial charge in [0.05, 0.1) is 18.6 Å². The summed E-state index contributed by atoms with van der Waals surface area (Å²) in [6.45, 7) is 4.31. The van der Waals surface area contributed by atoms with E-state index in [2.05, 4.69) is 15.8 Å². The molecule has 0 saturated heterocycles. The molecule has 0 aliphatic carbocycles. The molecule has 0 N–H and O–H groups in total. The zero-order valence-electron chi connectivity index (χ0n) is 7.10. The first-order valence-corrected chi connectivity index (χ1v) is 5.40. The average Bonchev–Trinajstić information content (AvgIpc) is 2.52. The fourth-order valence-electron chi connectivity index (χ4n) is 0.895. The summed E-state index contributed by atoms with van der Waals surface area (Å²) in [5, 5.41) is 0. The normalized spacial score (nSPS) is 16.2. The van der Waals surface area contributed by atoms with E-state index in [1.807, 2.05) is 0 Å². The average molecular weight is 205 g/mol. The van der Waals surface area contributed by atoms with Gasteiger partial charge in [-0.3, -0.25) is 4.99 Å². The van der Waals surface area contributed by atoms with Crippen LogP contribution in [0.25, 0.3) is 0 Å². The zero-order chi connectivity index (χ0) is 9.73. The van der Waals surface area contributed by atoms with Crippen LogP contribution >= 0.6 is 0 Å². The Kier molecular flexibility index (Phi) is 3.30. The van der Waals surface area contributed by atoms with Crippen molar-refractivity contribution in [2.24, 2.45) is 4.99 Å². The molecular weight excluding hydrogens is 194 g/mol. The van der Waals surface area contributed by atoms with E-state index < -0.39 is 10.1 Å². The Morgan fingerprint density at radius 3 is 3.00 bits per heavy atom. The Hall–Kier alpha value is -1.04. The van der Waals surface area contributed by atoms with Gasteiger partial charge in [-0.15, -0.1) is 0 Å². The maximum Gasteiger partial charge on any atom is 0.309 e. The third-order valence-corrected chi connectivity index (χ3v) is 2.56. The first-order chi connectivity index (χ1) is 6.14. The van der Waals surface area contributed by atoms with E-state index in [1.165, 1.54) is 0 Å². The van der Waals surface area contributed by atoms with Crippen molar-refractivity contribution in [2.45, 2.75) is 6.42 Å². The van der Waals surface area contributed by atoms with Gasteiger partial charge in [-0.25, -0.2) is 0 Å². The van der Waals surface area contributed by atoms with Gasteiger partial charge >= 0.3 is 10.1 Å². The summed E-state index contributed by atoms with van der Waals surface area (Å²) in [5.41, 5.74) is 0. The highest BCUT2D eigenvalue weighted by Gasteiger charge is 2.14. The molecule has 0 fully saturated rings. The Labute approximate surface area is 77.2 Å². The monoisotopic (exact) mass is 205 g/mol. The molecule has 0 radical (unpaired) electrons. The first kappa shape index (κ1) is 10.0. The Morgan fingerprint density at radius 2 is 2.46 bits per heavy atom. The molecule has 0 spiro atoms. The van der Waals surface area contributed by atoms with Crippen LogP contribution in [-0.2, 0) is 19.0 Å². The smallest absolute Gasteiger partial charge is 0.309 e. The maximum absolute atomic E-state index is 11.0. The number of ether oxygens (including phenoxy) is 1. The number of nitrogens with zero attached hydrogens (tertiary/aromatic N) is 1. The number of rotatable bonds is 5. The molecule has 6 heteroatoms. The molecule has 0 aromatic carbocycles. The molecule has 0 aromatic rings. The molecule has 1 aliphatic rings. The van der Waals surface area contributed by atoms with Crippen molar-refractivity contribution >= 4 is 16.0 Å². The van der Waals surface area contributed by atoms with Crippen molar-refractivity contribution in [3.8, 4) is 0 Å². The van der Waals surface area contributed by atoms with Crippen molar-refractivity contribution in [3.63, 3.8) is 0 Å². The van der Waals surface area contributed by atoms with Crippen LogP contribution in [0.5, 0.6) is 0 Å². The maximum atomic E-state index is 11.0. The fraction of sp³-hybridized carbons (Fsp3) is 0.571. The topological polar surface area (TPSA) is 65.0 Å². The fourth-order valence-corrected chi connectivity index (χ4v) is 1.62. The van der Waals surface area contributed by atoms with E-state index >= 15 is 0 Å². The number of aliphatic imine (C=N–C) groups is 1. The van der Waals surface area contributed by atoms with Crippen LogP contribution in [0.1, 0.15) is 6.42 Å². The van der Waals surface area contributed by atoms with Crippen LogP contribution in [0, 0.1) is 0 Å². The minimum Gasteiger partial charge on any atom is -0.479 e. The highest BCUT2D eigenvalue weighted by molar-refractivity contribution is 7.86. The van der Waals surface area contributed by atoms with Gasteiger partial charge in [0.25, 0.3) is 0 Å². The molecule has 13 heavy (non-hydrogen) atoms. The molecule has 74 valence electrons. The van der Waals surface area contributed by atoms with E-state index in [0.717, 1.165) is 6.26 Å². The van der Waals surface area contributed by atoms with Gasteiger partial charge in [-0.2, -0.15) is 8.42 Å². The summed E-state index contributed by atoms with van der Waals surface area (Å²) in [7, 11) is -3.50. The quantitative estimate of drug-likeness (QED) is 0.478. The first-order valence-electron chi connectivity index (χ1n) is 3.82. The lowest BCUT2D eigenvalue weighted by molar-refractivity contribution is 0.339. The summed E-state index contributed by atoms with van der Waals surface area (Å²) in [6.07, 6.45) is 1.16. The molecule has 0 aromatic heterocycles. The Balaban J connectivity index is 2.36. The van der Waals surface area contributed by atoms with Crippen LogP contribution in [0.2, 0.25) is 0 Å². The Morgan fingerprint density at radius 1 is 1.69 bits per heavy atom. The zero-order valence-corrected chi connectivity index (χ0v) is 7.92. The molecule has 1 rings (SSSR count). The summed E-state index contributed by atoms with van der Waals surface area (Å²) in [4.78, 5) is 3.95. The van der Waals surface area contributed by atoms with Gasteiger partial charge in [0.15, 0.2) is 5.90 Å². The molecule has 1 heterocycles. The lowest BCUT2D eigenvalue weighted by Crippen LogP contribution is -2.12. The number of hydrogen-bond donors (Lipinski definition) is 0. The van der Waals surface area contributed by atoms with Crippen LogP contribution < -0.4 is 0 Å². The van der Waals surface area contributed by atoms with Crippen molar-refractivity contribution < 1.29 is 17.3 Å². The molecular formula is C7H11NO4S. The van der Waals surface area contributed by atoms with E-state index in [9.17, 15) is 8.42 Å². The third kappa shape index (κ3) is 3.45. The van der Waals surface area contributed by atoms with Gasteiger partial charge in [0.1, 0.15) is 6.61 Å². The second kappa shape index (κ2) is 4.27.